The highest BCUT2D eigenvalue weighted by Gasteiger charge is 2.51. The van der Waals surface area contributed by atoms with Crippen LogP contribution in [-0.4, -0.2) is 23.0 Å². The van der Waals surface area contributed by atoms with Crippen LogP contribution in [0.5, 0.6) is 11.5 Å². The Morgan fingerprint density at radius 3 is 1.36 bits per heavy atom. The number of hydrogen-bond acceptors (Lipinski definition) is 4. The lowest BCUT2D eigenvalue weighted by Crippen LogP contribution is -2.74. The van der Waals surface area contributed by atoms with Gasteiger partial charge in [-0.2, -0.15) is 0 Å². The predicted octanol–water partition coefficient (Wildman–Crippen LogP) is 11.9. The summed E-state index contributed by atoms with van der Waals surface area (Å²) in [6, 6.07) is 89.5. The van der Waals surface area contributed by atoms with Crippen LogP contribution >= 0.6 is 0 Å². The second kappa shape index (κ2) is 15.6. The fourth-order valence-corrected chi connectivity index (χ4v) is 15.8. The van der Waals surface area contributed by atoms with Gasteiger partial charge in [0.05, 0.1) is 5.41 Å². The molecule has 10 aromatic carbocycles. The van der Waals surface area contributed by atoms with E-state index in [0.29, 0.717) is 17.5 Å². The van der Waals surface area contributed by atoms with E-state index in [1.807, 2.05) is 0 Å². The van der Waals surface area contributed by atoms with Crippen LogP contribution < -0.4 is 25.5 Å². The van der Waals surface area contributed by atoms with Crippen molar-refractivity contribution in [1.82, 2.24) is 15.0 Å². The van der Waals surface area contributed by atoms with E-state index in [4.69, 9.17) is 19.7 Å². The molecule has 2 heterocycles. The molecule has 0 saturated carbocycles. The fourth-order valence-electron chi connectivity index (χ4n) is 11.0. The molecule has 0 radical (unpaired) electrons. The van der Waals surface area contributed by atoms with Gasteiger partial charge in [0.15, 0.2) is 25.5 Å². The van der Waals surface area contributed by atoms with Gasteiger partial charge in [-0.3, -0.25) is 0 Å². The number of fused-ring (bicyclic) bond motifs is 10. The third-order valence-corrected chi connectivity index (χ3v) is 18.7. The van der Waals surface area contributed by atoms with E-state index in [1.165, 1.54) is 43.0 Å². The van der Waals surface area contributed by atoms with Crippen LogP contribution in [0.4, 0.5) is 0 Å². The van der Waals surface area contributed by atoms with Gasteiger partial charge in [-0.1, -0.05) is 231 Å². The van der Waals surface area contributed by atoms with Crippen molar-refractivity contribution in [3.05, 3.63) is 271 Å². The highest BCUT2D eigenvalue weighted by molar-refractivity contribution is 7.19. The summed E-state index contributed by atoms with van der Waals surface area (Å²) in [5, 5.41) is 7.44. The maximum absolute atomic E-state index is 6.95. The van der Waals surface area contributed by atoms with Crippen LogP contribution in [-0.2, 0) is 5.41 Å². The van der Waals surface area contributed by atoms with Gasteiger partial charge in [-0.25, -0.2) is 15.0 Å². The van der Waals surface area contributed by atoms with Crippen molar-refractivity contribution in [3.8, 4) is 56.8 Å². The van der Waals surface area contributed by atoms with Gasteiger partial charge >= 0.3 is 0 Å². The van der Waals surface area contributed by atoms with Gasteiger partial charge in [0, 0.05) is 27.8 Å². The molecule has 1 aromatic heterocycles. The Morgan fingerprint density at radius 1 is 0.299 bits per heavy atom. The van der Waals surface area contributed by atoms with E-state index in [9.17, 15) is 0 Å². The number of rotatable bonds is 7. The summed E-state index contributed by atoms with van der Waals surface area (Å²) in [6.45, 7) is 0. The van der Waals surface area contributed by atoms with Crippen molar-refractivity contribution >= 4 is 39.6 Å². The van der Waals surface area contributed by atoms with Gasteiger partial charge in [0.1, 0.15) is 11.5 Å². The summed E-state index contributed by atoms with van der Waals surface area (Å²) in [7, 11) is -2.85. The van der Waals surface area contributed by atoms with Crippen LogP contribution in [0.1, 0.15) is 22.3 Å². The monoisotopic (exact) mass is 871 g/mol. The molecule has 67 heavy (non-hydrogen) atoms. The van der Waals surface area contributed by atoms with Gasteiger partial charge < -0.3 is 4.74 Å². The van der Waals surface area contributed by atoms with Gasteiger partial charge in [-0.15, -0.1) is 0 Å². The van der Waals surface area contributed by atoms with Crippen molar-refractivity contribution in [2.24, 2.45) is 0 Å². The summed E-state index contributed by atoms with van der Waals surface area (Å²) < 4.78 is 6.95. The molecular formula is C62H41N3OSi. The smallest absolute Gasteiger partial charge is 0.179 e. The van der Waals surface area contributed by atoms with E-state index < -0.39 is 13.5 Å². The Morgan fingerprint density at radius 2 is 0.746 bits per heavy atom. The van der Waals surface area contributed by atoms with Crippen molar-refractivity contribution < 1.29 is 4.74 Å². The van der Waals surface area contributed by atoms with Crippen molar-refractivity contribution in [1.29, 1.82) is 0 Å². The van der Waals surface area contributed by atoms with Gasteiger partial charge in [0.2, 0.25) is 0 Å². The second-order valence-corrected chi connectivity index (χ2v) is 21.3. The SMILES string of the molecule is c1ccc([Si](c2ccccc2)(c2ccccc2)c2cccc(-c3nc(-c4ccc5c(c4)Oc4ccccc4C54c5ccccc5-c5ccccc54)nc(-c4ccc5ccccc5c4)n3)c2)cc1. The highest BCUT2D eigenvalue weighted by atomic mass is 28.3. The summed E-state index contributed by atoms with van der Waals surface area (Å²) in [5.41, 5.74) is 9.33. The molecule has 13 rings (SSSR count). The summed E-state index contributed by atoms with van der Waals surface area (Å²) in [4.78, 5) is 16.0. The molecule has 0 saturated heterocycles. The molecule has 0 N–H and O–H groups in total. The largest absolute Gasteiger partial charge is 0.457 e. The molecule has 2 aliphatic rings. The molecular weight excluding hydrogens is 831 g/mol. The van der Waals surface area contributed by atoms with E-state index in [2.05, 4.69) is 249 Å². The van der Waals surface area contributed by atoms with E-state index in [-0.39, 0.29) is 0 Å². The average Bonchev–Trinajstić information content (AvgIpc) is 3.70. The van der Waals surface area contributed by atoms with E-state index >= 15 is 0 Å². The molecule has 314 valence electrons. The lowest BCUT2D eigenvalue weighted by molar-refractivity contribution is 0.436. The third kappa shape index (κ3) is 6.02. The van der Waals surface area contributed by atoms with Crippen LogP contribution in [0, 0.1) is 0 Å². The number of benzene rings is 10. The first-order valence-corrected chi connectivity index (χ1v) is 24.8. The number of nitrogens with zero attached hydrogens (tertiary/aromatic N) is 3. The maximum atomic E-state index is 6.95. The zero-order chi connectivity index (χ0) is 44.4. The molecule has 4 nitrogen and oxygen atoms in total. The Kier molecular flexibility index (Phi) is 9.05. The van der Waals surface area contributed by atoms with Crippen molar-refractivity contribution in [3.63, 3.8) is 0 Å². The molecule has 1 aliphatic carbocycles. The topological polar surface area (TPSA) is 47.9 Å². The van der Waals surface area contributed by atoms with Crippen LogP contribution in [0.2, 0.25) is 0 Å². The fraction of sp³-hybridized carbons (Fsp3) is 0.0161. The molecule has 5 heteroatoms. The van der Waals surface area contributed by atoms with Crippen molar-refractivity contribution in [2.45, 2.75) is 5.41 Å². The summed E-state index contributed by atoms with van der Waals surface area (Å²) >= 11 is 0. The minimum absolute atomic E-state index is 0.566. The standard InChI is InChI=1S/C62H41N3OSi/c1-4-22-47(23-5-1)67(48-24-6-2-7-25-48,49-26-8-3-9-27-49)50-28-18-21-44(40-50)59-63-60(45-36-35-42-19-10-11-20-43(42)39-45)65-61(64-59)46-37-38-56-58(41-46)66-57-34-17-16-33-55(57)62(56)53-31-14-12-29-51(53)52-30-13-15-32-54(52)62/h1-41H. The Labute approximate surface area is 390 Å². The first kappa shape index (κ1) is 38.9. The van der Waals surface area contributed by atoms with Crippen LogP contribution in [0.25, 0.3) is 56.1 Å². The zero-order valence-electron chi connectivity index (χ0n) is 36.4. The predicted molar refractivity (Wildman–Crippen MR) is 275 cm³/mol. The first-order chi connectivity index (χ1) is 33.2. The number of aromatic nitrogens is 3. The summed E-state index contributed by atoms with van der Waals surface area (Å²) in [5.74, 6) is 3.40. The first-order valence-electron chi connectivity index (χ1n) is 22.8. The lowest BCUT2D eigenvalue weighted by Gasteiger charge is -2.39. The van der Waals surface area contributed by atoms with E-state index in [0.717, 1.165) is 50.1 Å². The Hall–Kier alpha value is -8.51. The maximum Gasteiger partial charge on any atom is 0.179 e. The molecule has 11 aromatic rings. The highest BCUT2D eigenvalue weighted by Crippen LogP contribution is 2.62. The molecule has 1 aliphatic heterocycles. The van der Waals surface area contributed by atoms with Gasteiger partial charge in [0.25, 0.3) is 0 Å². The minimum atomic E-state index is -2.85. The summed E-state index contributed by atoms with van der Waals surface area (Å²) in [6.07, 6.45) is 0. The molecule has 0 amide bonds. The Bertz CT molecular complexity index is 3540. The molecule has 0 fully saturated rings. The zero-order valence-corrected chi connectivity index (χ0v) is 37.4. The van der Waals surface area contributed by atoms with Gasteiger partial charge in [-0.05, 0) is 72.0 Å². The molecule has 1 spiro atoms. The Balaban J connectivity index is 1.03. The van der Waals surface area contributed by atoms with Crippen LogP contribution in [0.15, 0.2) is 249 Å². The number of hydrogen-bond donors (Lipinski definition) is 0. The normalized spacial score (nSPS) is 13.0. The lowest BCUT2D eigenvalue weighted by atomic mass is 9.66. The third-order valence-electron chi connectivity index (χ3n) is 13.9. The number of para-hydroxylation sites is 1. The van der Waals surface area contributed by atoms with E-state index in [1.54, 1.807) is 0 Å². The average molecular weight is 872 g/mol. The number of ether oxygens (including phenoxy) is 1. The second-order valence-electron chi connectivity index (χ2n) is 17.4. The minimum Gasteiger partial charge on any atom is -0.457 e. The van der Waals surface area contributed by atoms with Crippen LogP contribution in [0.3, 0.4) is 0 Å². The molecule has 0 bridgehead atoms. The quantitative estimate of drug-likeness (QED) is 0.118. The molecule has 0 atom stereocenters. The van der Waals surface area contributed by atoms with Crippen molar-refractivity contribution in [2.75, 3.05) is 0 Å². The molecule has 0 unspecified atom stereocenters.